The third-order valence-electron chi connectivity index (χ3n) is 2.38. The fourth-order valence-corrected chi connectivity index (χ4v) is 2.71. The van der Waals surface area contributed by atoms with E-state index in [1.807, 2.05) is 0 Å². The topological polar surface area (TPSA) is 43.4 Å². The lowest BCUT2D eigenvalue weighted by Gasteiger charge is -2.25. The van der Waals surface area contributed by atoms with Crippen LogP contribution in [0.1, 0.15) is 22.8 Å². The maximum Gasteiger partial charge on any atom is 0.308 e. The first-order chi connectivity index (χ1) is 8.33. The van der Waals surface area contributed by atoms with Crippen LogP contribution in [0.2, 0.25) is 0 Å². The minimum atomic E-state index is -1.51. The Labute approximate surface area is 118 Å². The highest BCUT2D eigenvalue weighted by Gasteiger charge is 2.38. The van der Waals surface area contributed by atoms with Gasteiger partial charge in [0.2, 0.25) is 5.78 Å². The van der Waals surface area contributed by atoms with Crippen molar-refractivity contribution in [1.29, 1.82) is 0 Å². The molecule has 0 aliphatic heterocycles. The Morgan fingerprint density at radius 1 is 1.33 bits per heavy atom. The van der Waals surface area contributed by atoms with Crippen LogP contribution in [0.4, 0.5) is 0 Å². The van der Waals surface area contributed by atoms with Crippen LogP contribution in [0.3, 0.4) is 0 Å². The second-order valence-electron chi connectivity index (χ2n) is 3.72. The van der Waals surface area contributed by atoms with Gasteiger partial charge in [-0.25, -0.2) is 0 Å². The van der Waals surface area contributed by atoms with E-state index in [1.54, 1.807) is 6.07 Å². The van der Waals surface area contributed by atoms with E-state index in [4.69, 9.17) is 39.5 Å². The third kappa shape index (κ3) is 2.26. The predicted octanol–water partition coefficient (Wildman–Crippen LogP) is 3.56. The zero-order valence-corrected chi connectivity index (χ0v) is 11.4. The van der Waals surface area contributed by atoms with Crippen LogP contribution in [0.25, 0.3) is 0 Å². The summed E-state index contributed by atoms with van der Waals surface area (Å²) in [5.41, 5.74) is 0.462. The van der Waals surface area contributed by atoms with Gasteiger partial charge in [-0.2, -0.15) is 0 Å². The molecule has 94 valence electrons. The van der Waals surface area contributed by atoms with Crippen LogP contribution in [-0.2, 0) is 9.13 Å². The second kappa shape index (κ2) is 4.57. The number of benzene rings is 1. The Balaban J connectivity index is 2.67. The summed E-state index contributed by atoms with van der Waals surface area (Å²) >= 11 is 18.0. The van der Waals surface area contributed by atoms with E-state index in [1.165, 1.54) is 25.1 Å². The SMILES string of the molecule is CC(=O)Oc1cccc2c1C(Cl)(Cl)C=C(Cl)C2=O. The molecule has 0 saturated heterocycles. The molecule has 1 aromatic rings. The predicted molar refractivity (Wildman–Crippen MR) is 69.4 cm³/mol. The van der Waals surface area contributed by atoms with Crippen molar-refractivity contribution in [3.8, 4) is 5.75 Å². The van der Waals surface area contributed by atoms with Crippen molar-refractivity contribution in [2.45, 2.75) is 11.3 Å². The molecule has 0 amide bonds. The van der Waals surface area contributed by atoms with Gasteiger partial charge in [-0.3, -0.25) is 9.59 Å². The highest BCUT2D eigenvalue weighted by Crippen LogP contribution is 2.47. The molecule has 0 aromatic heterocycles. The van der Waals surface area contributed by atoms with Crippen LogP contribution < -0.4 is 4.74 Å². The summed E-state index contributed by atoms with van der Waals surface area (Å²) in [6.45, 7) is 1.25. The van der Waals surface area contributed by atoms with Gasteiger partial charge in [0.25, 0.3) is 0 Å². The van der Waals surface area contributed by atoms with Gasteiger partial charge in [0, 0.05) is 18.1 Å². The average Bonchev–Trinajstić information content (AvgIpc) is 2.24. The van der Waals surface area contributed by atoms with Crippen molar-refractivity contribution < 1.29 is 14.3 Å². The van der Waals surface area contributed by atoms with Crippen molar-refractivity contribution >= 4 is 46.6 Å². The van der Waals surface area contributed by atoms with Crippen LogP contribution in [-0.4, -0.2) is 11.8 Å². The van der Waals surface area contributed by atoms with Gasteiger partial charge < -0.3 is 4.74 Å². The number of Topliss-reactive ketones (excluding diaryl/α,β-unsaturated/α-hetero) is 1. The van der Waals surface area contributed by atoms with Gasteiger partial charge in [-0.15, -0.1) is 0 Å². The van der Waals surface area contributed by atoms with Crippen LogP contribution >= 0.6 is 34.8 Å². The molecule has 0 atom stereocenters. The Kier molecular flexibility index (Phi) is 3.41. The number of ketones is 1. The minimum Gasteiger partial charge on any atom is -0.426 e. The molecule has 18 heavy (non-hydrogen) atoms. The van der Waals surface area contributed by atoms with E-state index >= 15 is 0 Å². The lowest BCUT2D eigenvalue weighted by atomic mass is 9.94. The Bertz CT molecular complexity index is 576. The fourth-order valence-electron chi connectivity index (χ4n) is 1.73. The van der Waals surface area contributed by atoms with E-state index < -0.39 is 16.1 Å². The van der Waals surface area contributed by atoms with Crippen LogP contribution in [0.5, 0.6) is 5.75 Å². The molecule has 1 aliphatic rings. The zero-order chi connectivity index (χ0) is 13.5. The summed E-state index contributed by atoms with van der Waals surface area (Å²) < 4.78 is 3.49. The van der Waals surface area contributed by atoms with E-state index in [0.717, 1.165) is 0 Å². The van der Waals surface area contributed by atoms with Gasteiger partial charge >= 0.3 is 5.97 Å². The summed E-state index contributed by atoms with van der Waals surface area (Å²) in [6, 6.07) is 4.61. The fraction of sp³-hybridized carbons (Fsp3) is 0.167. The lowest BCUT2D eigenvalue weighted by molar-refractivity contribution is -0.131. The molecule has 0 heterocycles. The largest absolute Gasteiger partial charge is 0.426 e. The molecular formula is C12H7Cl3O3. The first kappa shape index (κ1) is 13.4. The van der Waals surface area contributed by atoms with Crippen LogP contribution in [0.15, 0.2) is 29.3 Å². The molecule has 0 unspecified atom stereocenters. The Morgan fingerprint density at radius 2 is 2.00 bits per heavy atom. The molecule has 0 saturated carbocycles. The minimum absolute atomic E-state index is 0.0625. The van der Waals surface area contributed by atoms with Crippen molar-refractivity contribution in [2.75, 3.05) is 0 Å². The number of ether oxygens (including phenoxy) is 1. The molecule has 0 N–H and O–H groups in total. The first-order valence-corrected chi connectivity index (χ1v) is 6.09. The molecule has 3 nitrogen and oxygen atoms in total. The quantitative estimate of drug-likeness (QED) is 0.452. The monoisotopic (exact) mass is 304 g/mol. The molecule has 1 aromatic carbocycles. The Hall–Kier alpha value is -1.03. The number of allylic oxidation sites excluding steroid dienone is 2. The van der Waals surface area contributed by atoms with Crippen molar-refractivity contribution in [1.82, 2.24) is 0 Å². The number of alkyl halides is 2. The molecule has 0 radical (unpaired) electrons. The summed E-state index contributed by atoms with van der Waals surface area (Å²) in [5, 5.41) is -0.0625. The van der Waals surface area contributed by atoms with Crippen molar-refractivity contribution in [3.05, 3.63) is 40.4 Å². The number of halogens is 3. The van der Waals surface area contributed by atoms with Gasteiger partial charge in [-0.05, 0) is 12.1 Å². The summed E-state index contributed by atoms with van der Waals surface area (Å²) in [7, 11) is 0. The average molecular weight is 306 g/mol. The van der Waals surface area contributed by atoms with Crippen molar-refractivity contribution in [3.63, 3.8) is 0 Å². The molecule has 2 rings (SSSR count). The standard InChI is InChI=1S/C12H7Cl3O3/c1-6(16)18-9-4-2-3-7-10(9)12(14,15)5-8(13)11(7)17/h2-5H,1H3. The normalized spacial score (nSPS) is 16.9. The number of carbonyl (C=O) groups excluding carboxylic acids is 2. The molecule has 6 heteroatoms. The van der Waals surface area contributed by atoms with Gasteiger partial charge in [0.15, 0.2) is 4.33 Å². The number of carbonyl (C=O) groups is 2. The van der Waals surface area contributed by atoms with Gasteiger partial charge in [-0.1, -0.05) is 46.9 Å². The van der Waals surface area contributed by atoms with Gasteiger partial charge in [0.1, 0.15) is 5.75 Å². The van der Waals surface area contributed by atoms with Crippen LogP contribution in [0, 0.1) is 0 Å². The highest BCUT2D eigenvalue weighted by molar-refractivity contribution is 6.54. The molecule has 0 bridgehead atoms. The molecule has 0 spiro atoms. The maximum atomic E-state index is 11.9. The summed E-state index contributed by atoms with van der Waals surface area (Å²) in [4.78, 5) is 22.9. The Morgan fingerprint density at radius 3 is 2.61 bits per heavy atom. The highest BCUT2D eigenvalue weighted by atomic mass is 35.5. The summed E-state index contributed by atoms with van der Waals surface area (Å²) in [5.74, 6) is -0.781. The van der Waals surface area contributed by atoms with E-state index in [0.29, 0.717) is 0 Å². The molecular weight excluding hydrogens is 298 g/mol. The molecule has 0 fully saturated rings. The smallest absolute Gasteiger partial charge is 0.308 e. The van der Waals surface area contributed by atoms with Crippen molar-refractivity contribution in [2.24, 2.45) is 0 Å². The zero-order valence-electron chi connectivity index (χ0n) is 9.17. The maximum absolute atomic E-state index is 11.9. The number of hydrogen-bond acceptors (Lipinski definition) is 3. The van der Waals surface area contributed by atoms with E-state index in [-0.39, 0.29) is 21.9 Å². The van der Waals surface area contributed by atoms with E-state index in [2.05, 4.69) is 0 Å². The second-order valence-corrected chi connectivity index (χ2v) is 5.51. The lowest BCUT2D eigenvalue weighted by Crippen LogP contribution is -2.22. The molecule has 1 aliphatic carbocycles. The number of hydrogen-bond donors (Lipinski definition) is 0. The number of fused-ring (bicyclic) bond motifs is 1. The number of esters is 1. The third-order valence-corrected chi connectivity index (χ3v) is 3.26. The van der Waals surface area contributed by atoms with Gasteiger partial charge in [0.05, 0.1) is 5.03 Å². The summed E-state index contributed by atoms with van der Waals surface area (Å²) in [6.07, 6.45) is 1.22. The first-order valence-electron chi connectivity index (χ1n) is 4.95. The van der Waals surface area contributed by atoms with E-state index in [9.17, 15) is 9.59 Å². The number of rotatable bonds is 1.